The van der Waals surface area contributed by atoms with Gasteiger partial charge in [0.1, 0.15) is 6.29 Å². The van der Waals surface area contributed by atoms with E-state index >= 15 is 0 Å². The summed E-state index contributed by atoms with van der Waals surface area (Å²) in [5, 5.41) is 1.68. The van der Waals surface area contributed by atoms with Crippen molar-refractivity contribution in [3.8, 4) is 0 Å². The standard InChI is InChI=1S/C12H12BrClN2O/c1-6-2-9(14)12-10(11(6)13)7(4-16-12)3-8(15)5-17/h2,4-5,8,16H,3,15H2,1H3/t8-/m0/s1. The third kappa shape index (κ3) is 2.25. The van der Waals surface area contributed by atoms with Gasteiger partial charge < -0.3 is 15.5 Å². The lowest BCUT2D eigenvalue weighted by molar-refractivity contribution is -0.108. The first kappa shape index (κ1) is 12.6. The second kappa shape index (κ2) is 4.80. The number of aryl methyl sites for hydroxylation is 1. The van der Waals surface area contributed by atoms with Crippen LogP contribution < -0.4 is 5.73 Å². The molecule has 0 aliphatic rings. The number of hydrogen-bond donors (Lipinski definition) is 2. The van der Waals surface area contributed by atoms with Crippen LogP contribution in [0.2, 0.25) is 5.02 Å². The third-order valence-electron chi connectivity index (χ3n) is 2.74. The summed E-state index contributed by atoms with van der Waals surface area (Å²) in [5.74, 6) is 0. The van der Waals surface area contributed by atoms with Gasteiger partial charge in [-0.25, -0.2) is 0 Å². The van der Waals surface area contributed by atoms with Crippen molar-refractivity contribution in [2.45, 2.75) is 19.4 Å². The second-order valence-corrected chi connectivity index (χ2v) is 5.26. The number of carbonyl (C=O) groups excluding carboxylic acids is 1. The number of rotatable bonds is 3. The van der Waals surface area contributed by atoms with Gasteiger partial charge >= 0.3 is 0 Å². The summed E-state index contributed by atoms with van der Waals surface area (Å²) in [4.78, 5) is 13.7. The number of benzene rings is 1. The van der Waals surface area contributed by atoms with Crippen LogP contribution in [0.5, 0.6) is 0 Å². The third-order valence-corrected chi connectivity index (χ3v) is 4.06. The van der Waals surface area contributed by atoms with Crippen molar-refractivity contribution in [2.75, 3.05) is 0 Å². The zero-order chi connectivity index (χ0) is 12.6. The molecule has 0 spiro atoms. The Kier molecular flexibility index (Phi) is 3.56. The summed E-state index contributed by atoms with van der Waals surface area (Å²) in [6, 6.07) is 1.41. The second-order valence-electron chi connectivity index (χ2n) is 4.06. The van der Waals surface area contributed by atoms with E-state index < -0.39 is 6.04 Å². The molecule has 5 heteroatoms. The molecule has 17 heavy (non-hydrogen) atoms. The molecular weight excluding hydrogens is 304 g/mol. The summed E-state index contributed by atoms with van der Waals surface area (Å²) in [7, 11) is 0. The maximum absolute atomic E-state index is 10.6. The van der Waals surface area contributed by atoms with Gasteiger partial charge in [0.05, 0.1) is 16.6 Å². The summed E-state index contributed by atoms with van der Waals surface area (Å²) in [5.41, 5.74) is 8.58. The number of aldehydes is 1. The topological polar surface area (TPSA) is 58.9 Å². The zero-order valence-corrected chi connectivity index (χ0v) is 11.6. The molecule has 2 rings (SSSR count). The number of hydrogen-bond acceptors (Lipinski definition) is 2. The Balaban J connectivity index is 2.62. The normalized spacial score (nSPS) is 12.9. The van der Waals surface area contributed by atoms with Crippen LogP contribution >= 0.6 is 27.5 Å². The van der Waals surface area contributed by atoms with Gasteiger partial charge in [-0.15, -0.1) is 0 Å². The molecule has 1 atom stereocenters. The van der Waals surface area contributed by atoms with E-state index in [1.54, 1.807) is 0 Å². The lowest BCUT2D eigenvalue weighted by Gasteiger charge is -2.06. The number of carbonyl (C=O) groups is 1. The van der Waals surface area contributed by atoms with Crippen LogP contribution in [0.1, 0.15) is 11.1 Å². The molecule has 3 N–H and O–H groups in total. The molecule has 2 aromatic rings. The molecule has 3 nitrogen and oxygen atoms in total. The number of H-pyrrole nitrogens is 1. The van der Waals surface area contributed by atoms with Crippen molar-refractivity contribution < 1.29 is 4.79 Å². The monoisotopic (exact) mass is 314 g/mol. The maximum atomic E-state index is 10.6. The van der Waals surface area contributed by atoms with Gasteiger partial charge in [-0.1, -0.05) is 11.6 Å². The van der Waals surface area contributed by atoms with Gasteiger partial charge in [0, 0.05) is 16.1 Å². The van der Waals surface area contributed by atoms with Crippen molar-refractivity contribution in [1.29, 1.82) is 0 Å². The van der Waals surface area contributed by atoms with E-state index in [1.807, 2.05) is 19.2 Å². The SMILES string of the molecule is Cc1cc(Cl)c2[nH]cc(C[C@H](N)C=O)c2c1Br. The van der Waals surface area contributed by atoms with Crippen LogP contribution in [0.25, 0.3) is 10.9 Å². The fraction of sp³-hybridized carbons (Fsp3) is 0.250. The molecule has 1 heterocycles. The molecule has 0 radical (unpaired) electrons. The lowest BCUT2D eigenvalue weighted by atomic mass is 10.0. The Hall–Kier alpha value is -0.840. The summed E-state index contributed by atoms with van der Waals surface area (Å²) in [6.07, 6.45) is 3.11. The highest BCUT2D eigenvalue weighted by molar-refractivity contribution is 9.10. The summed E-state index contributed by atoms with van der Waals surface area (Å²) >= 11 is 9.71. The summed E-state index contributed by atoms with van der Waals surface area (Å²) < 4.78 is 0.992. The highest BCUT2D eigenvalue weighted by Gasteiger charge is 2.14. The van der Waals surface area contributed by atoms with Crippen molar-refractivity contribution in [3.63, 3.8) is 0 Å². The number of nitrogens with one attached hydrogen (secondary N) is 1. The number of aromatic amines is 1. The van der Waals surface area contributed by atoms with Crippen LogP contribution in [0, 0.1) is 6.92 Å². The van der Waals surface area contributed by atoms with Crippen molar-refractivity contribution >= 4 is 44.7 Å². The van der Waals surface area contributed by atoms with Crippen LogP contribution in [0.15, 0.2) is 16.7 Å². The van der Waals surface area contributed by atoms with Crippen LogP contribution in [-0.2, 0) is 11.2 Å². The minimum Gasteiger partial charge on any atom is -0.360 e. The average Bonchev–Trinajstić information content (AvgIpc) is 2.70. The Morgan fingerprint density at radius 1 is 1.65 bits per heavy atom. The first-order valence-electron chi connectivity index (χ1n) is 5.20. The molecule has 0 saturated carbocycles. The average molecular weight is 316 g/mol. The summed E-state index contributed by atoms with van der Waals surface area (Å²) in [6.45, 7) is 1.98. The highest BCUT2D eigenvalue weighted by Crippen LogP contribution is 2.35. The van der Waals surface area contributed by atoms with Gasteiger partial charge in [0.15, 0.2) is 0 Å². The van der Waals surface area contributed by atoms with E-state index in [-0.39, 0.29) is 0 Å². The Morgan fingerprint density at radius 2 is 2.35 bits per heavy atom. The first-order valence-corrected chi connectivity index (χ1v) is 6.37. The maximum Gasteiger partial charge on any atom is 0.137 e. The molecule has 90 valence electrons. The van der Waals surface area contributed by atoms with E-state index in [1.165, 1.54) is 0 Å². The van der Waals surface area contributed by atoms with Crippen LogP contribution in [0.4, 0.5) is 0 Å². The molecule has 0 aliphatic heterocycles. The van der Waals surface area contributed by atoms with Gasteiger partial charge in [-0.2, -0.15) is 0 Å². The van der Waals surface area contributed by atoms with E-state index in [4.69, 9.17) is 17.3 Å². The minimum atomic E-state index is -0.486. The van der Waals surface area contributed by atoms with E-state index in [0.717, 1.165) is 32.8 Å². The van der Waals surface area contributed by atoms with E-state index in [0.29, 0.717) is 11.4 Å². The predicted octanol–water partition coefficient (Wildman–Crippen LogP) is 2.96. The van der Waals surface area contributed by atoms with Crippen molar-refractivity contribution in [3.05, 3.63) is 32.9 Å². The molecule has 0 unspecified atom stereocenters. The predicted molar refractivity (Wildman–Crippen MR) is 73.5 cm³/mol. The van der Waals surface area contributed by atoms with Crippen LogP contribution in [0.3, 0.4) is 0 Å². The Labute approximate surface area is 112 Å². The highest BCUT2D eigenvalue weighted by atomic mass is 79.9. The van der Waals surface area contributed by atoms with Crippen molar-refractivity contribution in [2.24, 2.45) is 5.73 Å². The largest absolute Gasteiger partial charge is 0.360 e. The molecule has 1 aromatic carbocycles. The van der Waals surface area contributed by atoms with Gasteiger partial charge in [-0.05, 0) is 46.5 Å². The van der Waals surface area contributed by atoms with Crippen molar-refractivity contribution in [1.82, 2.24) is 4.98 Å². The number of nitrogens with two attached hydrogens (primary N) is 1. The van der Waals surface area contributed by atoms with Crippen LogP contribution in [-0.4, -0.2) is 17.3 Å². The minimum absolute atomic E-state index is 0.486. The molecule has 0 fully saturated rings. The fourth-order valence-electron chi connectivity index (χ4n) is 1.89. The first-order chi connectivity index (χ1) is 8.04. The molecule has 1 aromatic heterocycles. The fourth-order valence-corrected chi connectivity index (χ4v) is 2.77. The number of halogens is 2. The van der Waals surface area contributed by atoms with E-state index in [9.17, 15) is 4.79 Å². The number of aromatic nitrogens is 1. The van der Waals surface area contributed by atoms with Gasteiger partial charge in [0.2, 0.25) is 0 Å². The molecular formula is C12H12BrClN2O. The quantitative estimate of drug-likeness (QED) is 0.856. The molecule has 0 aliphatic carbocycles. The molecule has 0 amide bonds. The lowest BCUT2D eigenvalue weighted by Crippen LogP contribution is -2.23. The van der Waals surface area contributed by atoms with Gasteiger partial charge in [0.25, 0.3) is 0 Å². The molecule has 0 saturated heterocycles. The number of fused-ring (bicyclic) bond motifs is 1. The smallest absolute Gasteiger partial charge is 0.137 e. The van der Waals surface area contributed by atoms with Gasteiger partial charge in [-0.3, -0.25) is 0 Å². The zero-order valence-electron chi connectivity index (χ0n) is 9.26. The Morgan fingerprint density at radius 3 is 3.00 bits per heavy atom. The Bertz CT molecular complexity index is 579. The molecule has 0 bridgehead atoms. The van der Waals surface area contributed by atoms with E-state index in [2.05, 4.69) is 20.9 Å².